The maximum atomic E-state index is 12.0. The first-order valence-corrected chi connectivity index (χ1v) is 9.42. The van der Waals surface area contributed by atoms with Crippen LogP contribution in [0.4, 0.5) is 0 Å². The van der Waals surface area contributed by atoms with Crippen molar-refractivity contribution in [1.82, 2.24) is 4.72 Å². The van der Waals surface area contributed by atoms with E-state index in [1.807, 2.05) is 24.3 Å². The average Bonchev–Trinajstić information content (AvgIpc) is 2.54. The second kappa shape index (κ2) is 8.33. The maximum Gasteiger partial charge on any atom is 0.215 e. The van der Waals surface area contributed by atoms with Crippen molar-refractivity contribution in [3.05, 3.63) is 58.6 Å². The standard InChI is InChI=1S/C16H18BrNO4S/c1-21-15-4-2-3-5-16(15)22-11-10-18-23(19,20)12-13-6-8-14(17)9-7-13/h2-9,18H,10-12H2,1H3. The van der Waals surface area contributed by atoms with Crippen LogP contribution in [0.2, 0.25) is 0 Å². The number of nitrogens with one attached hydrogen (secondary N) is 1. The molecule has 0 aliphatic heterocycles. The van der Waals surface area contributed by atoms with Gasteiger partial charge in [0.2, 0.25) is 10.0 Å². The zero-order valence-corrected chi connectivity index (χ0v) is 15.1. The van der Waals surface area contributed by atoms with E-state index in [4.69, 9.17) is 9.47 Å². The van der Waals surface area contributed by atoms with Crippen LogP contribution in [-0.4, -0.2) is 28.7 Å². The van der Waals surface area contributed by atoms with Gasteiger partial charge in [0.25, 0.3) is 0 Å². The molecule has 0 radical (unpaired) electrons. The zero-order chi connectivity index (χ0) is 16.7. The van der Waals surface area contributed by atoms with E-state index < -0.39 is 10.0 Å². The molecule has 2 aromatic carbocycles. The summed E-state index contributed by atoms with van der Waals surface area (Å²) in [6, 6.07) is 14.4. The summed E-state index contributed by atoms with van der Waals surface area (Å²) in [4.78, 5) is 0. The molecular formula is C16H18BrNO4S. The molecule has 5 nitrogen and oxygen atoms in total. The van der Waals surface area contributed by atoms with Crippen molar-refractivity contribution in [3.63, 3.8) is 0 Å². The quantitative estimate of drug-likeness (QED) is 0.692. The van der Waals surface area contributed by atoms with Gasteiger partial charge >= 0.3 is 0 Å². The summed E-state index contributed by atoms with van der Waals surface area (Å²) >= 11 is 3.32. The summed E-state index contributed by atoms with van der Waals surface area (Å²) in [5.74, 6) is 1.14. The van der Waals surface area contributed by atoms with E-state index in [9.17, 15) is 8.42 Å². The molecule has 0 aliphatic rings. The van der Waals surface area contributed by atoms with Crippen LogP contribution in [0.15, 0.2) is 53.0 Å². The number of ether oxygens (including phenoxy) is 2. The molecule has 0 saturated carbocycles. The molecule has 0 aromatic heterocycles. The highest BCUT2D eigenvalue weighted by Gasteiger charge is 2.11. The van der Waals surface area contributed by atoms with Crippen molar-refractivity contribution < 1.29 is 17.9 Å². The highest BCUT2D eigenvalue weighted by molar-refractivity contribution is 9.10. The van der Waals surface area contributed by atoms with Crippen molar-refractivity contribution in [3.8, 4) is 11.5 Å². The summed E-state index contributed by atoms with van der Waals surface area (Å²) in [5.41, 5.74) is 0.728. The molecule has 1 N–H and O–H groups in total. The van der Waals surface area contributed by atoms with Crippen LogP contribution in [0.1, 0.15) is 5.56 Å². The monoisotopic (exact) mass is 399 g/mol. The van der Waals surface area contributed by atoms with Crippen LogP contribution >= 0.6 is 15.9 Å². The van der Waals surface area contributed by atoms with Gasteiger partial charge in [-0.05, 0) is 29.8 Å². The van der Waals surface area contributed by atoms with Gasteiger partial charge in [-0.25, -0.2) is 13.1 Å². The minimum Gasteiger partial charge on any atom is -0.493 e. The predicted molar refractivity (Wildman–Crippen MR) is 93.3 cm³/mol. The lowest BCUT2D eigenvalue weighted by Crippen LogP contribution is -2.29. The van der Waals surface area contributed by atoms with Crippen LogP contribution in [0, 0.1) is 0 Å². The Bertz CT molecular complexity index is 732. The number of sulfonamides is 1. The fourth-order valence-corrected chi connectivity index (χ4v) is 3.34. The molecular weight excluding hydrogens is 382 g/mol. The van der Waals surface area contributed by atoms with Gasteiger partial charge in [-0.1, -0.05) is 40.2 Å². The number of halogens is 1. The van der Waals surface area contributed by atoms with E-state index >= 15 is 0 Å². The molecule has 0 fully saturated rings. The lowest BCUT2D eigenvalue weighted by molar-refractivity contribution is 0.298. The highest BCUT2D eigenvalue weighted by atomic mass is 79.9. The Hall–Kier alpha value is -1.57. The van der Waals surface area contributed by atoms with Crippen molar-refractivity contribution in [2.45, 2.75) is 5.75 Å². The Morgan fingerprint density at radius 1 is 1.04 bits per heavy atom. The van der Waals surface area contributed by atoms with Gasteiger partial charge in [0.05, 0.1) is 12.9 Å². The number of benzene rings is 2. The number of rotatable bonds is 8. The van der Waals surface area contributed by atoms with Crippen LogP contribution < -0.4 is 14.2 Å². The Labute approximate surface area is 144 Å². The first-order valence-electron chi connectivity index (χ1n) is 6.98. The Morgan fingerprint density at radius 3 is 2.35 bits per heavy atom. The minimum absolute atomic E-state index is 0.0606. The molecule has 0 saturated heterocycles. The van der Waals surface area contributed by atoms with Crippen LogP contribution in [0.25, 0.3) is 0 Å². The average molecular weight is 400 g/mol. The molecule has 0 bridgehead atoms. The lowest BCUT2D eigenvalue weighted by atomic mass is 10.2. The van der Waals surface area contributed by atoms with Crippen molar-refractivity contribution in [1.29, 1.82) is 0 Å². The van der Waals surface area contributed by atoms with Crippen molar-refractivity contribution in [2.75, 3.05) is 20.3 Å². The molecule has 0 spiro atoms. The van der Waals surface area contributed by atoms with Gasteiger partial charge in [-0.3, -0.25) is 0 Å². The van der Waals surface area contributed by atoms with Gasteiger partial charge in [0.1, 0.15) is 6.61 Å². The van der Waals surface area contributed by atoms with Gasteiger partial charge in [0.15, 0.2) is 11.5 Å². The summed E-state index contributed by atoms with van der Waals surface area (Å²) in [6.45, 7) is 0.414. The maximum absolute atomic E-state index is 12.0. The SMILES string of the molecule is COc1ccccc1OCCNS(=O)(=O)Cc1ccc(Br)cc1. The second-order valence-electron chi connectivity index (χ2n) is 4.78. The van der Waals surface area contributed by atoms with E-state index in [1.54, 1.807) is 31.4 Å². The molecule has 0 heterocycles. The van der Waals surface area contributed by atoms with E-state index in [1.165, 1.54) is 0 Å². The van der Waals surface area contributed by atoms with Crippen molar-refractivity contribution in [2.24, 2.45) is 0 Å². The van der Waals surface area contributed by atoms with E-state index in [0.717, 1.165) is 10.0 Å². The first-order chi connectivity index (χ1) is 11.0. The van der Waals surface area contributed by atoms with E-state index in [-0.39, 0.29) is 18.9 Å². The Morgan fingerprint density at radius 2 is 1.70 bits per heavy atom. The summed E-state index contributed by atoms with van der Waals surface area (Å²) in [7, 11) is -1.84. The smallest absolute Gasteiger partial charge is 0.215 e. The molecule has 23 heavy (non-hydrogen) atoms. The summed E-state index contributed by atoms with van der Waals surface area (Å²) < 4.78 is 38.2. The van der Waals surface area contributed by atoms with E-state index in [2.05, 4.69) is 20.7 Å². The molecule has 0 aliphatic carbocycles. The fraction of sp³-hybridized carbons (Fsp3) is 0.250. The van der Waals surface area contributed by atoms with Crippen LogP contribution in [0.5, 0.6) is 11.5 Å². The Balaban J connectivity index is 1.82. The second-order valence-corrected chi connectivity index (χ2v) is 7.50. The third-order valence-electron chi connectivity index (χ3n) is 3.02. The summed E-state index contributed by atoms with van der Waals surface area (Å²) in [5, 5.41) is 0. The summed E-state index contributed by atoms with van der Waals surface area (Å²) in [6.07, 6.45) is 0. The predicted octanol–water partition coefficient (Wildman–Crippen LogP) is 2.96. The molecule has 0 atom stereocenters. The first kappa shape index (κ1) is 17.8. The molecule has 124 valence electrons. The largest absolute Gasteiger partial charge is 0.493 e. The van der Waals surface area contributed by atoms with Crippen molar-refractivity contribution >= 4 is 26.0 Å². The fourth-order valence-electron chi connectivity index (χ4n) is 1.95. The van der Waals surface area contributed by atoms with Gasteiger partial charge in [0, 0.05) is 11.0 Å². The Kier molecular flexibility index (Phi) is 6.44. The topological polar surface area (TPSA) is 64.6 Å². The molecule has 7 heteroatoms. The van der Waals surface area contributed by atoms with Gasteiger partial charge in [-0.15, -0.1) is 0 Å². The lowest BCUT2D eigenvalue weighted by Gasteiger charge is -2.11. The van der Waals surface area contributed by atoms with Crippen LogP contribution in [0.3, 0.4) is 0 Å². The van der Waals surface area contributed by atoms with Gasteiger partial charge < -0.3 is 9.47 Å². The molecule has 0 unspecified atom stereocenters. The number of para-hydroxylation sites is 2. The molecule has 2 aromatic rings. The zero-order valence-electron chi connectivity index (χ0n) is 12.7. The number of hydrogen-bond donors (Lipinski definition) is 1. The third kappa shape index (κ3) is 5.85. The number of hydrogen-bond acceptors (Lipinski definition) is 4. The van der Waals surface area contributed by atoms with E-state index in [0.29, 0.717) is 11.5 Å². The third-order valence-corrected chi connectivity index (χ3v) is 4.91. The number of methoxy groups -OCH3 is 1. The molecule has 0 amide bonds. The highest BCUT2D eigenvalue weighted by Crippen LogP contribution is 2.25. The van der Waals surface area contributed by atoms with Crippen LogP contribution in [-0.2, 0) is 15.8 Å². The molecule has 2 rings (SSSR count). The normalized spacial score (nSPS) is 11.2. The minimum atomic E-state index is -3.39. The van der Waals surface area contributed by atoms with Gasteiger partial charge in [-0.2, -0.15) is 0 Å².